The van der Waals surface area contributed by atoms with Gasteiger partial charge in [-0.15, -0.1) is 15.3 Å². The number of amides is 2. The van der Waals surface area contributed by atoms with E-state index in [0.717, 1.165) is 18.4 Å². The maximum Gasteiger partial charge on any atom is 0.410 e. The molecular formula is C22H27ClN8O3. The molecule has 3 aromatic heterocycles. The van der Waals surface area contributed by atoms with E-state index in [1.165, 1.54) is 13.1 Å². The van der Waals surface area contributed by atoms with Crippen molar-refractivity contribution < 1.29 is 14.3 Å². The second kappa shape index (κ2) is 9.41. The van der Waals surface area contributed by atoms with E-state index >= 15 is 0 Å². The van der Waals surface area contributed by atoms with Crippen LogP contribution in [0.1, 0.15) is 55.6 Å². The Morgan fingerprint density at radius 2 is 1.91 bits per heavy atom. The standard InChI is InChI=1S/C22H27ClN8O3/c1-22(2,3)34-21(33)30-9-7-13(8-10-30)14-5-6-17-26-20(29-31(17)12-14)25-15-11-16(23)27-28-18(15)19(32)24-4/h5-6,11-13H,7-10H2,1-4H3,(H,24,32)(H,25,27,29). The third kappa shape index (κ3) is 5.36. The van der Waals surface area contributed by atoms with Gasteiger partial charge < -0.3 is 20.3 Å². The number of nitrogens with zero attached hydrogens (tertiary/aromatic N) is 6. The molecule has 1 aliphatic rings. The number of anilines is 2. The zero-order valence-corrected chi connectivity index (χ0v) is 20.3. The second-order valence-electron chi connectivity index (χ2n) is 9.08. The SMILES string of the molecule is CNC(=O)c1nnc(Cl)cc1Nc1nc2ccc(C3CCN(C(=O)OC(C)(C)C)CC3)cn2n1. The van der Waals surface area contributed by atoms with Crippen LogP contribution in [0.5, 0.6) is 0 Å². The number of halogens is 1. The number of aromatic nitrogens is 5. The molecule has 0 spiro atoms. The van der Waals surface area contributed by atoms with Crippen molar-refractivity contribution in [3.63, 3.8) is 0 Å². The molecule has 4 heterocycles. The molecule has 11 nitrogen and oxygen atoms in total. The van der Waals surface area contributed by atoms with Gasteiger partial charge >= 0.3 is 6.09 Å². The lowest BCUT2D eigenvalue weighted by Gasteiger charge is -2.33. The highest BCUT2D eigenvalue weighted by atomic mass is 35.5. The average molecular weight is 487 g/mol. The highest BCUT2D eigenvalue weighted by molar-refractivity contribution is 6.29. The van der Waals surface area contributed by atoms with E-state index in [-0.39, 0.29) is 16.9 Å². The number of pyridine rings is 1. The first-order chi connectivity index (χ1) is 16.1. The normalized spacial score (nSPS) is 14.8. The first-order valence-electron chi connectivity index (χ1n) is 11.0. The van der Waals surface area contributed by atoms with Crippen LogP contribution in [0.3, 0.4) is 0 Å². The van der Waals surface area contributed by atoms with Crippen LogP contribution in [-0.2, 0) is 4.74 Å². The van der Waals surface area contributed by atoms with E-state index in [0.29, 0.717) is 36.3 Å². The molecule has 0 aliphatic carbocycles. The molecule has 3 aromatic rings. The van der Waals surface area contributed by atoms with Crippen LogP contribution < -0.4 is 10.6 Å². The molecule has 2 amide bonds. The van der Waals surface area contributed by atoms with Crippen LogP contribution in [-0.4, -0.2) is 67.4 Å². The molecular weight excluding hydrogens is 460 g/mol. The van der Waals surface area contributed by atoms with Crippen LogP contribution in [0.25, 0.3) is 5.65 Å². The Bertz CT molecular complexity index is 1210. The number of ether oxygens (including phenoxy) is 1. The summed E-state index contributed by atoms with van der Waals surface area (Å²) < 4.78 is 7.17. The Labute approximate surface area is 201 Å². The van der Waals surface area contributed by atoms with Gasteiger partial charge in [0.1, 0.15) is 5.60 Å². The topological polar surface area (TPSA) is 127 Å². The Morgan fingerprint density at radius 1 is 1.18 bits per heavy atom. The minimum atomic E-state index is -0.503. The van der Waals surface area contributed by atoms with Crippen LogP contribution in [0.15, 0.2) is 24.4 Å². The van der Waals surface area contributed by atoms with E-state index in [4.69, 9.17) is 16.3 Å². The largest absolute Gasteiger partial charge is 0.444 e. The minimum Gasteiger partial charge on any atom is -0.444 e. The van der Waals surface area contributed by atoms with Gasteiger partial charge in [0.25, 0.3) is 5.91 Å². The Hall–Kier alpha value is -3.47. The molecule has 2 N–H and O–H groups in total. The van der Waals surface area contributed by atoms with Gasteiger partial charge in [-0.1, -0.05) is 17.7 Å². The van der Waals surface area contributed by atoms with Crippen molar-refractivity contribution in [2.75, 3.05) is 25.5 Å². The van der Waals surface area contributed by atoms with Crippen molar-refractivity contribution in [2.24, 2.45) is 0 Å². The van der Waals surface area contributed by atoms with Gasteiger partial charge in [0.05, 0.1) is 5.69 Å². The molecule has 0 aromatic carbocycles. The fourth-order valence-electron chi connectivity index (χ4n) is 3.79. The van der Waals surface area contributed by atoms with E-state index in [9.17, 15) is 9.59 Å². The number of carbonyl (C=O) groups is 2. The number of likely N-dealkylation sites (tertiary alicyclic amines) is 1. The lowest BCUT2D eigenvalue weighted by molar-refractivity contribution is 0.0204. The van der Waals surface area contributed by atoms with Crippen molar-refractivity contribution in [2.45, 2.75) is 45.1 Å². The molecule has 0 bridgehead atoms. The summed E-state index contributed by atoms with van der Waals surface area (Å²) >= 11 is 5.95. The van der Waals surface area contributed by atoms with Crippen molar-refractivity contribution in [3.05, 3.63) is 40.8 Å². The Balaban J connectivity index is 1.47. The summed E-state index contributed by atoms with van der Waals surface area (Å²) in [6, 6.07) is 5.42. The van der Waals surface area contributed by atoms with Crippen molar-refractivity contribution in [1.82, 2.24) is 35.0 Å². The average Bonchev–Trinajstić information content (AvgIpc) is 3.19. The van der Waals surface area contributed by atoms with Crippen molar-refractivity contribution >= 4 is 40.9 Å². The molecule has 180 valence electrons. The minimum absolute atomic E-state index is 0.0863. The summed E-state index contributed by atoms with van der Waals surface area (Å²) in [7, 11) is 1.51. The molecule has 34 heavy (non-hydrogen) atoms. The zero-order valence-electron chi connectivity index (χ0n) is 19.5. The van der Waals surface area contributed by atoms with E-state index in [1.54, 1.807) is 9.42 Å². The number of hydrogen-bond acceptors (Lipinski definition) is 8. The third-order valence-corrected chi connectivity index (χ3v) is 5.61. The lowest BCUT2D eigenvalue weighted by Crippen LogP contribution is -2.41. The fraction of sp³-hybridized carbons (Fsp3) is 0.455. The molecule has 0 unspecified atom stereocenters. The summed E-state index contributed by atoms with van der Waals surface area (Å²) in [5.74, 6) is 0.188. The summed E-state index contributed by atoms with van der Waals surface area (Å²) in [5.41, 5.74) is 1.70. The Morgan fingerprint density at radius 3 is 2.59 bits per heavy atom. The number of hydrogen-bond donors (Lipinski definition) is 2. The van der Waals surface area contributed by atoms with E-state index < -0.39 is 11.5 Å². The molecule has 1 saturated heterocycles. The van der Waals surface area contributed by atoms with Gasteiger partial charge in [-0.2, -0.15) is 4.98 Å². The van der Waals surface area contributed by atoms with Gasteiger partial charge in [0, 0.05) is 32.4 Å². The van der Waals surface area contributed by atoms with Gasteiger partial charge in [0.2, 0.25) is 5.95 Å². The molecule has 1 aliphatic heterocycles. The van der Waals surface area contributed by atoms with Crippen molar-refractivity contribution in [1.29, 1.82) is 0 Å². The van der Waals surface area contributed by atoms with Crippen LogP contribution >= 0.6 is 11.6 Å². The molecule has 12 heteroatoms. The second-order valence-corrected chi connectivity index (χ2v) is 9.46. The summed E-state index contributed by atoms with van der Waals surface area (Å²) in [6.07, 6.45) is 3.34. The van der Waals surface area contributed by atoms with E-state index in [2.05, 4.69) is 30.9 Å². The predicted octanol–water partition coefficient (Wildman–Crippen LogP) is 3.39. The zero-order chi connectivity index (χ0) is 24.5. The summed E-state index contributed by atoms with van der Waals surface area (Å²) in [5, 5.41) is 17.7. The van der Waals surface area contributed by atoms with Gasteiger partial charge in [-0.25, -0.2) is 9.31 Å². The monoisotopic (exact) mass is 486 g/mol. The third-order valence-electron chi connectivity index (χ3n) is 5.42. The molecule has 0 atom stereocenters. The quantitative estimate of drug-likeness (QED) is 0.574. The molecule has 0 saturated carbocycles. The number of carbonyl (C=O) groups excluding carboxylic acids is 2. The molecule has 1 fully saturated rings. The number of nitrogens with one attached hydrogen (secondary N) is 2. The summed E-state index contributed by atoms with van der Waals surface area (Å²) in [4.78, 5) is 30.6. The van der Waals surface area contributed by atoms with Crippen molar-refractivity contribution in [3.8, 4) is 0 Å². The first kappa shape index (κ1) is 23.7. The smallest absolute Gasteiger partial charge is 0.410 e. The highest BCUT2D eigenvalue weighted by Crippen LogP contribution is 2.29. The highest BCUT2D eigenvalue weighted by Gasteiger charge is 2.27. The maximum absolute atomic E-state index is 12.3. The number of rotatable bonds is 4. The first-order valence-corrected chi connectivity index (χ1v) is 11.4. The summed E-state index contributed by atoms with van der Waals surface area (Å²) in [6.45, 7) is 6.88. The molecule has 4 rings (SSSR count). The van der Waals surface area contributed by atoms with Crippen LogP contribution in [0, 0.1) is 0 Å². The fourth-order valence-corrected chi connectivity index (χ4v) is 3.93. The number of piperidine rings is 1. The van der Waals surface area contributed by atoms with Crippen LogP contribution in [0.2, 0.25) is 5.15 Å². The Kier molecular flexibility index (Phi) is 6.56. The lowest BCUT2D eigenvalue weighted by atomic mass is 9.91. The van der Waals surface area contributed by atoms with Gasteiger partial charge in [-0.05, 0) is 51.2 Å². The van der Waals surface area contributed by atoms with E-state index in [1.807, 2.05) is 39.1 Å². The maximum atomic E-state index is 12.3. The molecule has 0 radical (unpaired) electrons. The predicted molar refractivity (Wildman–Crippen MR) is 126 cm³/mol. The number of fused-ring (bicyclic) bond motifs is 1. The van der Waals surface area contributed by atoms with Gasteiger partial charge in [0.15, 0.2) is 16.5 Å². The van der Waals surface area contributed by atoms with Crippen LogP contribution in [0.4, 0.5) is 16.4 Å². The van der Waals surface area contributed by atoms with Gasteiger partial charge in [-0.3, -0.25) is 4.79 Å².